The molecule has 5 nitrogen and oxygen atoms in total. The van der Waals surface area contributed by atoms with Crippen LogP contribution < -0.4 is 10.2 Å². The van der Waals surface area contributed by atoms with Gasteiger partial charge in [0.05, 0.1) is 0 Å². The lowest BCUT2D eigenvalue weighted by Gasteiger charge is -2.36. The van der Waals surface area contributed by atoms with Crippen molar-refractivity contribution in [1.29, 1.82) is 0 Å². The van der Waals surface area contributed by atoms with Crippen LogP contribution in [0, 0.1) is 20.8 Å². The number of hydrogen-bond donors (Lipinski definition) is 1. The number of benzene rings is 2. The maximum Gasteiger partial charge on any atom is 0.313 e. The molecule has 1 aliphatic rings. The summed E-state index contributed by atoms with van der Waals surface area (Å²) in [5.74, 6) is -1.04. The number of nitrogens with zero attached hydrogens (tertiary/aromatic N) is 2. The summed E-state index contributed by atoms with van der Waals surface area (Å²) in [6, 6.07) is 13.7. The smallest absolute Gasteiger partial charge is 0.313 e. The van der Waals surface area contributed by atoms with E-state index in [2.05, 4.69) is 42.3 Å². The predicted molar refractivity (Wildman–Crippen MR) is 105 cm³/mol. The third-order valence-electron chi connectivity index (χ3n) is 4.95. The molecule has 0 saturated carbocycles. The average Bonchev–Trinajstić information content (AvgIpc) is 2.63. The Morgan fingerprint density at radius 1 is 0.923 bits per heavy atom. The van der Waals surface area contributed by atoms with Gasteiger partial charge in [-0.25, -0.2) is 0 Å². The first-order valence-corrected chi connectivity index (χ1v) is 8.94. The Kier molecular flexibility index (Phi) is 5.26. The van der Waals surface area contributed by atoms with Gasteiger partial charge in [0.2, 0.25) is 0 Å². The van der Waals surface area contributed by atoms with E-state index in [4.69, 9.17) is 0 Å². The van der Waals surface area contributed by atoms with Crippen LogP contribution in [-0.2, 0) is 9.59 Å². The molecule has 0 radical (unpaired) electrons. The summed E-state index contributed by atoms with van der Waals surface area (Å²) >= 11 is 0. The number of amides is 2. The van der Waals surface area contributed by atoms with Crippen molar-refractivity contribution >= 4 is 23.2 Å². The number of hydrogen-bond acceptors (Lipinski definition) is 3. The molecule has 2 aromatic rings. The van der Waals surface area contributed by atoms with Crippen molar-refractivity contribution in [3.8, 4) is 0 Å². The number of rotatable bonds is 2. The third kappa shape index (κ3) is 3.87. The lowest BCUT2D eigenvalue weighted by Crippen LogP contribution is -2.51. The molecule has 0 aromatic heterocycles. The summed E-state index contributed by atoms with van der Waals surface area (Å²) in [5, 5.41) is 2.70. The standard InChI is InChI=1S/C21H25N3O2/c1-15-6-4-8-18(14-15)22-20(25)21(26)24-12-10-23(11-13-24)19-9-5-7-16(2)17(19)3/h4-9,14H,10-13H2,1-3H3,(H,22,25). The molecule has 136 valence electrons. The molecule has 2 amide bonds. The highest BCUT2D eigenvalue weighted by Crippen LogP contribution is 2.24. The summed E-state index contributed by atoms with van der Waals surface area (Å²) < 4.78 is 0. The van der Waals surface area contributed by atoms with Crippen LogP contribution in [0.15, 0.2) is 42.5 Å². The summed E-state index contributed by atoms with van der Waals surface area (Å²) in [6.45, 7) is 8.73. The molecule has 0 atom stereocenters. The Morgan fingerprint density at radius 3 is 2.31 bits per heavy atom. The van der Waals surface area contributed by atoms with Crippen LogP contribution in [-0.4, -0.2) is 42.9 Å². The molecule has 1 saturated heterocycles. The minimum atomic E-state index is -0.573. The zero-order valence-electron chi connectivity index (χ0n) is 15.6. The Hall–Kier alpha value is -2.82. The zero-order valence-corrected chi connectivity index (χ0v) is 15.6. The van der Waals surface area contributed by atoms with Gasteiger partial charge in [0.25, 0.3) is 0 Å². The van der Waals surface area contributed by atoms with Gasteiger partial charge < -0.3 is 15.1 Å². The van der Waals surface area contributed by atoms with E-state index in [1.807, 2.05) is 25.1 Å². The Labute approximate surface area is 154 Å². The first-order chi connectivity index (χ1) is 12.5. The van der Waals surface area contributed by atoms with Gasteiger partial charge in [0.15, 0.2) is 0 Å². The van der Waals surface area contributed by atoms with Crippen molar-refractivity contribution in [2.24, 2.45) is 0 Å². The van der Waals surface area contributed by atoms with Gasteiger partial charge in [-0.15, -0.1) is 0 Å². The van der Waals surface area contributed by atoms with E-state index in [1.54, 1.807) is 11.0 Å². The van der Waals surface area contributed by atoms with Gasteiger partial charge in [-0.2, -0.15) is 0 Å². The van der Waals surface area contributed by atoms with Gasteiger partial charge >= 0.3 is 11.8 Å². The lowest BCUT2D eigenvalue weighted by atomic mass is 10.1. The number of carbonyl (C=O) groups excluding carboxylic acids is 2. The predicted octanol–water partition coefficient (Wildman–Crippen LogP) is 2.90. The zero-order chi connectivity index (χ0) is 18.7. The summed E-state index contributed by atoms with van der Waals surface area (Å²) in [7, 11) is 0. The van der Waals surface area contributed by atoms with Crippen molar-refractivity contribution in [2.45, 2.75) is 20.8 Å². The first-order valence-electron chi connectivity index (χ1n) is 8.94. The van der Waals surface area contributed by atoms with E-state index in [0.717, 1.165) is 18.7 Å². The summed E-state index contributed by atoms with van der Waals surface area (Å²) in [6.07, 6.45) is 0. The van der Waals surface area contributed by atoms with E-state index in [0.29, 0.717) is 18.8 Å². The topological polar surface area (TPSA) is 52.7 Å². The van der Waals surface area contributed by atoms with Gasteiger partial charge in [-0.05, 0) is 55.7 Å². The highest BCUT2D eigenvalue weighted by atomic mass is 16.2. The minimum absolute atomic E-state index is 0.466. The van der Waals surface area contributed by atoms with Gasteiger partial charge in [0, 0.05) is 37.6 Å². The van der Waals surface area contributed by atoms with Crippen molar-refractivity contribution in [1.82, 2.24) is 4.90 Å². The second-order valence-electron chi connectivity index (χ2n) is 6.82. The minimum Gasteiger partial charge on any atom is -0.368 e. The fourth-order valence-electron chi connectivity index (χ4n) is 3.28. The van der Waals surface area contributed by atoms with E-state index >= 15 is 0 Å². The monoisotopic (exact) mass is 351 g/mol. The molecular formula is C21H25N3O2. The van der Waals surface area contributed by atoms with Crippen LogP contribution in [0.5, 0.6) is 0 Å². The van der Waals surface area contributed by atoms with Crippen molar-refractivity contribution < 1.29 is 9.59 Å². The molecule has 0 spiro atoms. The maximum absolute atomic E-state index is 12.4. The number of aryl methyl sites for hydroxylation is 2. The summed E-state index contributed by atoms with van der Waals surface area (Å²) in [4.78, 5) is 28.6. The van der Waals surface area contributed by atoms with Crippen molar-refractivity contribution in [3.05, 3.63) is 59.2 Å². The number of carbonyl (C=O) groups is 2. The van der Waals surface area contributed by atoms with E-state index in [1.165, 1.54) is 16.8 Å². The largest absolute Gasteiger partial charge is 0.368 e. The molecule has 1 N–H and O–H groups in total. The fourth-order valence-corrected chi connectivity index (χ4v) is 3.28. The molecule has 0 aliphatic carbocycles. The fraction of sp³-hybridized carbons (Fsp3) is 0.333. The van der Waals surface area contributed by atoms with E-state index in [-0.39, 0.29) is 0 Å². The molecule has 1 heterocycles. The van der Waals surface area contributed by atoms with E-state index < -0.39 is 11.8 Å². The molecular weight excluding hydrogens is 326 g/mol. The second-order valence-corrected chi connectivity index (χ2v) is 6.82. The number of nitrogens with one attached hydrogen (secondary N) is 1. The molecule has 0 bridgehead atoms. The quantitative estimate of drug-likeness (QED) is 0.847. The van der Waals surface area contributed by atoms with Crippen LogP contribution >= 0.6 is 0 Å². The van der Waals surface area contributed by atoms with Crippen molar-refractivity contribution in [2.75, 3.05) is 36.4 Å². The Balaban J connectivity index is 1.59. The van der Waals surface area contributed by atoms with Gasteiger partial charge in [-0.1, -0.05) is 24.3 Å². The molecule has 0 unspecified atom stereocenters. The van der Waals surface area contributed by atoms with Crippen LogP contribution in [0.2, 0.25) is 0 Å². The van der Waals surface area contributed by atoms with Crippen LogP contribution in [0.4, 0.5) is 11.4 Å². The SMILES string of the molecule is Cc1cccc(NC(=O)C(=O)N2CCN(c3cccc(C)c3C)CC2)c1. The summed E-state index contributed by atoms with van der Waals surface area (Å²) in [5.41, 5.74) is 5.43. The molecule has 2 aromatic carbocycles. The van der Waals surface area contributed by atoms with Gasteiger partial charge in [0.1, 0.15) is 0 Å². The maximum atomic E-state index is 12.4. The Bertz CT molecular complexity index is 824. The van der Waals surface area contributed by atoms with E-state index in [9.17, 15) is 9.59 Å². The Morgan fingerprint density at radius 2 is 1.62 bits per heavy atom. The first kappa shape index (κ1) is 18.0. The molecule has 1 fully saturated rings. The van der Waals surface area contributed by atoms with Crippen LogP contribution in [0.25, 0.3) is 0 Å². The average molecular weight is 351 g/mol. The lowest BCUT2D eigenvalue weighted by molar-refractivity contribution is -0.143. The number of anilines is 2. The molecule has 5 heteroatoms. The molecule has 26 heavy (non-hydrogen) atoms. The van der Waals surface area contributed by atoms with Crippen LogP contribution in [0.1, 0.15) is 16.7 Å². The van der Waals surface area contributed by atoms with Crippen molar-refractivity contribution in [3.63, 3.8) is 0 Å². The highest BCUT2D eigenvalue weighted by Gasteiger charge is 2.26. The van der Waals surface area contributed by atoms with Gasteiger partial charge in [-0.3, -0.25) is 9.59 Å². The highest BCUT2D eigenvalue weighted by molar-refractivity contribution is 6.39. The third-order valence-corrected chi connectivity index (χ3v) is 4.95. The number of piperazine rings is 1. The molecule has 3 rings (SSSR count). The second kappa shape index (κ2) is 7.60. The van der Waals surface area contributed by atoms with Crippen LogP contribution in [0.3, 0.4) is 0 Å². The normalized spacial score (nSPS) is 14.3. The molecule has 1 aliphatic heterocycles.